The van der Waals surface area contributed by atoms with Crippen molar-refractivity contribution >= 4 is 11.9 Å². The fourth-order valence-electron chi connectivity index (χ4n) is 4.02. The fraction of sp³-hybridized carbons (Fsp3) is 0.867. The SMILES string of the molecule is CCOC1CC1C(=O)N1C(C(=O)O)CC2CCCCC21. The topological polar surface area (TPSA) is 66.8 Å². The van der Waals surface area contributed by atoms with Gasteiger partial charge in [-0.1, -0.05) is 12.8 Å². The van der Waals surface area contributed by atoms with Crippen molar-refractivity contribution in [3.8, 4) is 0 Å². The average Bonchev–Trinajstić information content (AvgIpc) is 3.08. The second kappa shape index (κ2) is 5.35. The van der Waals surface area contributed by atoms with Crippen LogP contribution in [0.4, 0.5) is 0 Å². The highest BCUT2D eigenvalue weighted by Crippen LogP contribution is 2.44. The standard InChI is InChI=1S/C15H23NO4/c1-2-20-13-8-10(13)14(17)16-11-6-4-3-5-9(11)7-12(16)15(18)19/h9-13H,2-8H2,1H3,(H,18,19). The van der Waals surface area contributed by atoms with Crippen molar-refractivity contribution in [1.82, 2.24) is 4.90 Å². The summed E-state index contributed by atoms with van der Waals surface area (Å²) in [6, 6.07) is -0.460. The van der Waals surface area contributed by atoms with E-state index in [1.165, 1.54) is 6.42 Å². The van der Waals surface area contributed by atoms with Crippen molar-refractivity contribution in [2.75, 3.05) is 6.61 Å². The molecule has 5 atom stereocenters. The van der Waals surface area contributed by atoms with Crippen LogP contribution in [0.25, 0.3) is 0 Å². The van der Waals surface area contributed by atoms with Gasteiger partial charge in [0.1, 0.15) is 6.04 Å². The highest BCUT2D eigenvalue weighted by molar-refractivity contribution is 5.88. The number of aliphatic carboxylic acids is 1. The Morgan fingerprint density at radius 2 is 2.00 bits per heavy atom. The molecule has 1 heterocycles. The predicted octanol–water partition coefficient (Wildman–Crippen LogP) is 1.66. The Kier molecular flexibility index (Phi) is 3.71. The molecule has 5 heteroatoms. The summed E-state index contributed by atoms with van der Waals surface area (Å²) in [5.41, 5.74) is 0. The molecule has 1 amide bonds. The van der Waals surface area contributed by atoms with Gasteiger partial charge in [-0.3, -0.25) is 4.79 Å². The largest absolute Gasteiger partial charge is 0.480 e. The molecule has 5 nitrogen and oxygen atoms in total. The summed E-state index contributed by atoms with van der Waals surface area (Å²) in [4.78, 5) is 25.8. The summed E-state index contributed by atoms with van der Waals surface area (Å²) in [5.74, 6) is -0.540. The smallest absolute Gasteiger partial charge is 0.326 e. The van der Waals surface area contributed by atoms with Crippen molar-refractivity contribution in [3.05, 3.63) is 0 Å². The van der Waals surface area contributed by atoms with Crippen molar-refractivity contribution < 1.29 is 19.4 Å². The number of carboxylic acid groups (broad SMARTS) is 1. The zero-order valence-electron chi connectivity index (χ0n) is 12.0. The van der Waals surface area contributed by atoms with Gasteiger partial charge in [-0.25, -0.2) is 4.79 Å². The summed E-state index contributed by atoms with van der Waals surface area (Å²) in [5, 5.41) is 9.43. The van der Waals surface area contributed by atoms with Crippen LogP contribution < -0.4 is 0 Å². The molecule has 0 aromatic carbocycles. The molecule has 2 aliphatic carbocycles. The molecule has 0 bridgehead atoms. The number of fused-ring (bicyclic) bond motifs is 1. The van der Waals surface area contributed by atoms with E-state index in [0.717, 1.165) is 25.7 Å². The highest BCUT2D eigenvalue weighted by Gasteiger charge is 2.54. The number of nitrogens with zero attached hydrogens (tertiary/aromatic N) is 1. The fourth-order valence-corrected chi connectivity index (χ4v) is 4.02. The van der Waals surface area contributed by atoms with Gasteiger partial charge in [-0.2, -0.15) is 0 Å². The van der Waals surface area contributed by atoms with Crippen LogP contribution in [-0.4, -0.2) is 46.7 Å². The maximum absolute atomic E-state index is 12.6. The van der Waals surface area contributed by atoms with Crippen LogP contribution in [0.1, 0.15) is 45.4 Å². The first-order valence-corrected chi connectivity index (χ1v) is 7.80. The van der Waals surface area contributed by atoms with Gasteiger partial charge in [0.2, 0.25) is 5.91 Å². The first-order valence-electron chi connectivity index (χ1n) is 7.80. The van der Waals surface area contributed by atoms with Gasteiger partial charge < -0.3 is 14.7 Å². The third kappa shape index (κ3) is 2.32. The lowest BCUT2D eigenvalue weighted by Crippen LogP contribution is -2.47. The number of hydrogen-bond donors (Lipinski definition) is 1. The molecule has 1 N–H and O–H groups in total. The van der Waals surface area contributed by atoms with Gasteiger partial charge in [0, 0.05) is 12.6 Å². The van der Waals surface area contributed by atoms with Gasteiger partial charge in [-0.15, -0.1) is 0 Å². The first kappa shape index (κ1) is 13.9. The quantitative estimate of drug-likeness (QED) is 0.851. The van der Waals surface area contributed by atoms with Crippen molar-refractivity contribution in [1.29, 1.82) is 0 Å². The van der Waals surface area contributed by atoms with Crippen molar-refractivity contribution in [3.63, 3.8) is 0 Å². The van der Waals surface area contributed by atoms with Gasteiger partial charge >= 0.3 is 5.97 Å². The molecule has 1 saturated heterocycles. The summed E-state index contributed by atoms with van der Waals surface area (Å²) >= 11 is 0. The Labute approximate surface area is 119 Å². The van der Waals surface area contributed by atoms with Crippen LogP contribution >= 0.6 is 0 Å². The normalized spacial score (nSPS) is 39.5. The Morgan fingerprint density at radius 3 is 2.70 bits per heavy atom. The van der Waals surface area contributed by atoms with Crippen LogP contribution in [0.5, 0.6) is 0 Å². The van der Waals surface area contributed by atoms with Crippen LogP contribution in [0.15, 0.2) is 0 Å². The lowest BCUT2D eigenvalue weighted by Gasteiger charge is -2.33. The van der Waals surface area contributed by atoms with E-state index in [1.807, 2.05) is 6.92 Å². The molecule has 2 saturated carbocycles. The molecule has 20 heavy (non-hydrogen) atoms. The van der Waals surface area contributed by atoms with E-state index in [4.69, 9.17) is 4.74 Å². The molecule has 3 rings (SSSR count). The number of amides is 1. The molecule has 3 fully saturated rings. The number of carboxylic acids is 1. The minimum atomic E-state index is -0.846. The Hall–Kier alpha value is -1.10. The lowest BCUT2D eigenvalue weighted by molar-refractivity contribution is -0.151. The molecular weight excluding hydrogens is 258 g/mol. The molecule has 1 aliphatic heterocycles. The summed E-state index contributed by atoms with van der Waals surface area (Å²) in [7, 11) is 0. The number of ether oxygens (including phenoxy) is 1. The zero-order valence-corrected chi connectivity index (χ0v) is 12.0. The molecular formula is C15H23NO4. The van der Waals surface area contributed by atoms with Gasteiger partial charge in [-0.05, 0) is 38.5 Å². The number of rotatable bonds is 4. The number of carbonyl (C=O) groups is 2. The van der Waals surface area contributed by atoms with Gasteiger partial charge in [0.05, 0.1) is 12.0 Å². The number of hydrogen-bond acceptors (Lipinski definition) is 3. The molecule has 0 radical (unpaired) electrons. The monoisotopic (exact) mass is 281 g/mol. The minimum Gasteiger partial charge on any atom is -0.480 e. The maximum atomic E-state index is 12.6. The van der Waals surface area contributed by atoms with Gasteiger partial charge in [0.15, 0.2) is 0 Å². The van der Waals surface area contributed by atoms with Crippen molar-refractivity contribution in [2.45, 2.75) is 63.6 Å². The molecule has 0 aromatic heterocycles. The molecule has 112 valence electrons. The molecule has 3 aliphatic rings. The first-order chi connectivity index (χ1) is 9.63. The minimum absolute atomic E-state index is 0.0181. The van der Waals surface area contributed by atoms with E-state index >= 15 is 0 Å². The predicted molar refractivity (Wildman–Crippen MR) is 72.2 cm³/mol. The second-order valence-electron chi connectivity index (χ2n) is 6.28. The number of carbonyl (C=O) groups excluding carboxylic acids is 1. The Bertz CT molecular complexity index is 411. The average molecular weight is 281 g/mol. The van der Waals surface area contributed by atoms with E-state index in [0.29, 0.717) is 18.9 Å². The summed E-state index contributed by atoms with van der Waals surface area (Å²) in [6.07, 6.45) is 5.72. The third-order valence-corrected chi connectivity index (χ3v) is 5.06. The van der Waals surface area contributed by atoms with Crippen molar-refractivity contribution in [2.24, 2.45) is 11.8 Å². The number of likely N-dealkylation sites (tertiary alicyclic amines) is 1. The van der Waals surface area contributed by atoms with Gasteiger partial charge in [0.25, 0.3) is 0 Å². The van der Waals surface area contributed by atoms with E-state index in [2.05, 4.69) is 0 Å². The molecule has 0 aromatic rings. The van der Waals surface area contributed by atoms with Crippen LogP contribution in [0.3, 0.4) is 0 Å². The summed E-state index contributed by atoms with van der Waals surface area (Å²) < 4.78 is 5.48. The van der Waals surface area contributed by atoms with Crippen LogP contribution in [0, 0.1) is 11.8 Å². The zero-order chi connectivity index (χ0) is 14.3. The summed E-state index contributed by atoms with van der Waals surface area (Å²) in [6.45, 7) is 2.54. The van der Waals surface area contributed by atoms with Crippen LogP contribution in [0.2, 0.25) is 0 Å². The van der Waals surface area contributed by atoms with E-state index in [-0.39, 0.29) is 24.0 Å². The molecule has 5 unspecified atom stereocenters. The van der Waals surface area contributed by atoms with Crippen LogP contribution in [-0.2, 0) is 14.3 Å². The Balaban J connectivity index is 1.74. The van der Waals surface area contributed by atoms with E-state index < -0.39 is 12.0 Å². The maximum Gasteiger partial charge on any atom is 0.326 e. The second-order valence-corrected chi connectivity index (χ2v) is 6.28. The lowest BCUT2D eigenvalue weighted by atomic mass is 9.84. The van der Waals surface area contributed by atoms with E-state index in [1.54, 1.807) is 4.90 Å². The van der Waals surface area contributed by atoms with E-state index in [9.17, 15) is 14.7 Å². The third-order valence-electron chi connectivity index (χ3n) is 5.06. The highest BCUT2D eigenvalue weighted by atomic mass is 16.5. The molecule has 0 spiro atoms. The Morgan fingerprint density at radius 1 is 1.25 bits per heavy atom.